The second-order valence-corrected chi connectivity index (χ2v) is 5.29. The molecule has 0 aliphatic carbocycles. The summed E-state index contributed by atoms with van der Waals surface area (Å²) in [6.07, 6.45) is 0. The maximum atomic E-state index is 11.9. The van der Waals surface area contributed by atoms with Gasteiger partial charge in [0.1, 0.15) is 24.7 Å². The zero-order valence-electron chi connectivity index (χ0n) is 13.5. The maximum absolute atomic E-state index is 11.9. The number of carbonyl (C=O) groups is 1. The van der Waals surface area contributed by atoms with Gasteiger partial charge in [-0.15, -0.1) is 0 Å². The second-order valence-electron chi connectivity index (χ2n) is 5.29. The third-order valence-corrected chi connectivity index (χ3v) is 2.97. The second kappa shape index (κ2) is 8.80. The first-order valence-electron chi connectivity index (χ1n) is 7.49. The van der Waals surface area contributed by atoms with Crippen molar-refractivity contribution in [1.82, 2.24) is 4.90 Å². The van der Waals surface area contributed by atoms with Gasteiger partial charge in [-0.05, 0) is 38.4 Å². The van der Waals surface area contributed by atoms with Crippen molar-refractivity contribution in [2.24, 2.45) is 0 Å². The van der Waals surface area contributed by atoms with Crippen LogP contribution in [-0.4, -0.2) is 44.7 Å². The molecular weight excluding hydrogens is 292 g/mol. The Morgan fingerprint density at radius 3 is 2.35 bits per heavy atom. The number of nitrogens with one attached hydrogen (secondary N) is 1. The van der Waals surface area contributed by atoms with Crippen LogP contribution in [0.3, 0.4) is 0 Å². The van der Waals surface area contributed by atoms with E-state index in [9.17, 15) is 4.79 Å². The van der Waals surface area contributed by atoms with Crippen LogP contribution in [0.1, 0.15) is 0 Å². The number of benzene rings is 2. The Morgan fingerprint density at radius 1 is 0.957 bits per heavy atom. The first kappa shape index (κ1) is 16.8. The van der Waals surface area contributed by atoms with E-state index in [-0.39, 0.29) is 5.91 Å². The monoisotopic (exact) mass is 314 g/mol. The zero-order valence-corrected chi connectivity index (χ0v) is 13.5. The van der Waals surface area contributed by atoms with E-state index in [1.165, 1.54) is 0 Å². The average Bonchev–Trinajstić information content (AvgIpc) is 2.53. The molecule has 1 N–H and O–H groups in total. The lowest BCUT2D eigenvalue weighted by atomic mass is 10.3. The van der Waals surface area contributed by atoms with Crippen LogP contribution < -0.4 is 14.8 Å². The molecule has 2 aromatic rings. The minimum Gasteiger partial charge on any atom is -0.490 e. The van der Waals surface area contributed by atoms with Gasteiger partial charge < -0.3 is 19.7 Å². The van der Waals surface area contributed by atoms with Gasteiger partial charge in [0.2, 0.25) is 5.91 Å². The number of nitrogens with zero attached hydrogens (tertiary/aromatic N) is 1. The topological polar surface area (TPSA) is 50.8 Å². The Labute approximate surface area is 136 Å². The molecule has 0 spiro atoms. The van der Waals surface area contributed by atoms with Crippen molar-refractivity contribution in [3.05, 3.63) is 54.6 Å². The average molecular weight is 314 g/mol. The Morgan fingerprint density at radius 2 is 1.61 bits per heavy atom. The normalized spacial score (nSPS) is 10.4. The van der Waals surface area contributed by atoms with Crippen molar-refractivity contribution in [1.29, 1.82) is 0 Å². The van der Waals surface area contributed by atoms with Crippen LogP contribution in [0, 0.1) is 0 Å². The smallest absolute Gasteiger partial charge is 0.238 e. The van der Waals surface area contributed by atoms with Crippen LogP contribution in [0.5, 0.6) is 11.5 Å². The summed E-state index contributed by atoms with van der Waals surface area (Å²) in [6.45, 7) is 1.16. The molecule has 122 valence electrons. The molecule has 0 aromatic heterocycles. The van der Waals surface area contributed by atoms with E-state index in [4.69, 9.17) is 9.47 Å². The summed E-state index contributed by atoms with van der Waals surface area (Å²) in [6, 6.07) is 17.0. The van der Waals surface area contributed by atoms with E-state index in [1.807, 2.05) is 73.6 Å². The number of para-hydroxylation sites is 3. The van der Waals surface area contributed by atoms with Crippen LogP contribution in [-0.2, 0) is 4.79 Å². The van der Waals surface area contributed by atoms with Crippen LogP contribution in [0.4, 0.5) is 5.69 Å². The minimum atomic E-state index is -0.0772. The van der Waals surface area contributed by atoms with Crippen molar-refractivity contribution >= 4 is 11.6 Å². The number of likely N-dealkylation sites (N-methyl/N-ethyl adjacent to an activating group) is 1. The Bertz CT molecular complexity index is 615. The van der Waals surface area contributed by atoms with Crippen LogP contribution in [0.15, 0.2) is 54.6 Å². The van der Waals surface area contributed by atoms with Gasteiger partial charge in [0.25, 0.3) is 0 Å². The Balaban J connectivity index is 1.84. The molecule has 5 heteroatoms. The first-order chi connectivity index (χ1) is 11.1. The number of rotatable bonds is 8. The molecule has 0 aliphatic rings. The molecular formula is C18H22N2O3. The summed E-state index contributed by atoms with van der Waals surface area (Å²) >= 11 is 0. The highest BCUT2D eigenvalue weighted by Crippen LogP contribution is 2.23. The summed E-state index contributed by atoms with van der Waals surface area (Å²) in [7, 11) is 3.70. The lowest BCUT2D eigenvalue weighted by molar-refractivity contribution is -0.116. The molecule has 2 rings (SSSR count). The molecule has 0 aliphatic heterocycles. The van der Waals surface area contributed by atoms with Crippen LogP contribution in [0.2, 0.25) is 0 Å². The number of amides is 1. The number of hydrogen-bond donors (Lipinski definition) is 1. The third kappa shape index (κ3) is 6.00. The predicted molar refractivity (Wildman–Crippen MR) is 91.1 cm³/mol. The zero-order chi connectivity index (χ0) is 16.5. The summed E-state index contributed by atoms with van der Waals surface area (Å²) in [4.78, 5) is 13.7. The fourth-order valence-electron chi connectivity index (χ4n) is 2.00. The van der Waals surface area contributed by atoms with Crippen molar-refractivity contribution in [3.63, 3.8) is 0 Å². The molecule has 0 atom stereocenters. The van der Waals surface area contributed by atoms with Gasteiger partial charge in [-0.25, -0.2) is 0 Å². The third-order valence-electron chi connectivity index (χ3n) is 2.97. The summed E-state index contributed by atoms with van der Waals surface area (Å²) in [5, 5.41) is 2.85. The van der Waals surface area contributed by atoms with Crippen molar-refractivity contribution < 1.29 is 14.3 Å². The highest BCUT2D eigenvalue weighted by molar-refractivity contribution is 5.93. The van der Waals surface area contributed by atoms with Crippen molar-refractivity contribution in [2.75, 3.05) is 39.2 Å². The van der Waals surface area contributed by atoms with Gasteiger partial charge in [-0.2, -0.15) is 0 Å². The number of ether oxygens (including phenoxy) is 2. The van der Waals surface area contributed by atoms with Gasteiger partial charge in [-0.1, -0.05) is 30.3 Å². The quantitative estimate of drug-likeness (QED) is 0.761. The van der Waals surface area contributed by atoms with Crippen LogP contribution >= 0.6 is 0 Å². The molecule has 1 amide bonds. The molecule has 0 fully saturated rings. The van der Waals surface area contributed by atoms with Gasteiger partial charge in [-0.3, -0.25) is 4.79 Å². The fourth-order valence-corrected chi connectivity index (χ4v) is 2.00. The number of anilines is 1. The Kier molecular flexibility index (Phi) is 6.44. The van der Waals surface area contributed by atoms with E-state index in [1.54, 1.807) is 0 Å². The van der Waals surface area contributed by atoms with Gasteiger partial charge in [0.15, 0.2) is 0 Å². The fraction of sp³-hybridized carbons (Fsp3) is 0.278. The molecule has 0 saturated heterocycles. The van der Waals surface area contributed by atoms with E-state index >= 15 is 0 Å². The highest BCUT2D eigenvalue weighted by Gasteiger charge is 2.08. The molecule has 2 aromatic carbocycles. The highest BCUT2D eigenvalue weighted by atomic mass is 16.5. The number of carbonyl (C=O) groups excluding carboxylic acids is 1. The van der Waals surface area contributed by atoms with Gasteiger partial charge >= 0.3 is 0 Å². The molecule has 0 saturated carbocycles. The molecule has 23 heavy (non-hydrogen) atoms. The first-order valence-corrected chi connectivity index (χ1v) is 7.49. The van der Waals surface area contributed by atoms with Gasteiger partial charge in [0, 0.05) is 0 Å². The summed E-state index contributed by atoms with van der Waals surface area (Å²) < 4.78 is 11.3. The lowest BCUT2D eigenvalue weighted by Gasteiger charge is -2.14. The summed E-state index contributed by atoms with van der Waals surface area (Å²) in [5.74, 6) is 1.37. The molecule has 0 heterocycles. The standard InChI is InChI=1S/C18H22N2O3/c1-20(2)14-18(21)19-16-10-6-7-11-17(16)23-13-12-22-15-8-4-3-5-9-15/h3-11H,12-14H2,1-2H3,(H,19,21). The van der Waals surface area contributed by atoms with E-state index in [2.05, 4.69) is 5.32 Å². The largest absolute Gasteiger partial charge is 0.490 e. The van der Waals surface area contributed by atoms with Crippen LogP contribution in [0.25, 0.3) is 0 Å². The van der Waals surface area contributed by atoms with E-state index in [0.717, 1.165) is 5.75 Å². The van der Waals surface area contributed by atoms with E-state index in [0.29, 0.717) is 31.2 Å². The molecule has 0 unspecified atom stereocenters. The predicted octanol–water partition coefficient (Wildman–Crippen LogP) is 2.64. The SMILES string of the molecule is CN(C)CC(=O)Nc1ccccc1OCCOc1ccccc1. The minimum absolute atomic E-state index is 0.0772. The Hall–Kier alpha value is -2.53. The van der Waals surface area contributed by atoms with Crippen molar-refractivity contribution in [2.45, 2.75) is 0 Å². The lowest BCUT2D eigenvalue weighted by Crippen LogP contribution is -2.27. The molecule has 5 nitrogen and oxygen atoms in total. The number of hydrogen-bond acceptors (Lipinski definition) is 4. The maximum Gasteiger partial charge on any atom is 0.238 e. The van der Waals surface area contributed by atoms with Gasteiger partial charge in [0.05, 0.1) is 12.2 Å². The summed E-state index contributed by atoms with van der Waals surface area (Å²) in [5.41, 5.74) is 0.666. The van der Waals surface area contributed by atoms with E-state index < -0.39 is 0 Å². The molecule has 0 bridgehead atoms. The van der Waals surface area contributed by atoms with Crippen molar-refractivity contribution in [3.8, 4) is 11.5 Å². The molecule has 0 radical (unpaired) electrons.